The fraction of sp³-hybridized carbons (Fsp3) is 0.111. The number of anilines is 1. The lowest BCUT2D eigenvalue weighted by molar-refractivity contribution is -0.139. The summed E-state index contributed by atoms with van der Waals surface area (Å²) >= 11 is 0. The number of nitrogens with one attached hydrogen (secondary N) is 1. The molecule has 0 heterocycles. The summed E-state index contributed by atoms with van der Waals surface area (Å²) in [6.07, 6.45) is -3.95. The van der Waals surface area contributed by atoms with E-state index in [2.05, 4.69) is 10.3 Å². The number of hydrogen-bond donors (Lipinski definition) is 2. The number of halogens is 4. The number of rotatable bonds is 4. The van der Waals surface area contributed by atoms with E-state index in [1.54, 1.807) is 30.3 Å². The Morgan fingerprint density at radius 3 is 2.38 bits per heavy atom. The summed E-state index contributed by atoms with van der Waals surface area (Å²) < 4.78 is 51.4. The SMILES string of the molecule is C/C(O)=C(\C=Nc1ccc(F)c(C(F)(F)F)c1)C(=O)Nc1ccccc1. The van der Waals surface area contributed by atoms with Crippen LogP contribution in [0.1, 0.15) is 12.5 Å². The molecule has 0 unspecified atom stereocenters. The largest absolute Gasteiger partial charge is 0.512 e. The minimum atomic E-state index is -4.87. The highest BCUT2D eigenvalue weighted by molar-refractivity contribution is 6.18. The van der Waals surface area contributed by atoms with Gasteiger partial charge in [-0.2, -0.15) is 13.2 Å². The average molecular weight is 366 g/mol. The van der Waals surface area contributed by atoms with Crippen LogP contribution in [0.5, 0.6) is 0 Å². The standard InChI is InChI=1S/C18H14F4N2O2/c1-11(25)14(17(26)24-12-5-3-2-4-6-12)10-23-13-7-8-16(19)15(9-13)18(20,21)22/h2-10,25H,1H3,(H,24,26)/b14-11-,23-10?. The summed E-state index contributed by atoms with van der Waals surface area (Å²) in [5.41, 5.74) is -1.46. The van der Waals surface area contributed by atoms with E-state index in [-0.39, 0.29) is 17.0 Å². The zero-order valence-corrected chi connectivity index (χ0v) is 13.5. The lowest BCUT2D eigenvalue weighted by atomic mass is 10.1. The zero-order chi connectivity index (χ0) is 19.3. The zero-order valence-electron chi connectivity index (χ0n) is 13.5. The monoisotopic (exact) mass is 366 g/mol. The molecular weight excluding hydrogens is 352 g/mol. The molecule has 136 valence electrons. The lowest BCUT2D eigenvalue weighted by Gasteiger charge is -2.09. The van der Waals surface area contributed by atoms with Crippen molar-refractivity contribution < 1.29 is 27.5 Å². The topological polar surface area (TPSA) is 61.7 Å². The van der Waals surface area contributed by atoms with Gasteiger partial charge in [0.25, 0.3) is 5.91 Å². The van der Waals surface area contributed by atoms with Gasteiger partial charge in [0.15, 0.2) is 0 Å². The number of allylic oxidation sites excluding steroid dienone is 1. The number of aliphatic hydroxyl groups is 1. The Labute approximate surface area is 146 Å². The number of benzene rings is 2. The van der Waals surface area contributed by atoms with Gasteiger partial charge >= 0.3 is 6.18 Å². The van der Waals surface area contributed by atoms with Gasteiger partial charge in [0.05, 0.1) is 16.8 Å². The first-order valence-corrected chi connectivity index (χ1v) is 7.35. The second-order valence-corrected chi connectivity index (χ2v) is 5.24. The van der Waals surface area contributed by atoms with Gasteiger partial charge in [-0.25, -0.2) is 4.39 Å². The number of para-hydroxylation sites is 1. The molecule has 2 N–H and O–H groups in total. The Kier molecular flexibility index (Phi) is 5.76. The van der Waals surface area contributed by atoms with Gasteiger partial charge in [0, 0.05) is 11.9 Å². The van der Waals surface area contributed by atoms with Crippen LogP contribution in [-0.4, -0.2) is 17.2 Å². The molecule has 8 heteroatoms. The number of carbonyl (C=O) groups is 1. The van der Waals surface area contributed by atoms with Crippen molar-refractivity contribution in [3.63, 3.8) is 0 Å². The molecule has 0 saturated heterocycles. The van der Waals surface area contributed by atoms with Crippen molar-refractivity contribution in [2.24, 2.45) is 4.99 Å². The van der Waals surface area contributed by atoms with E-state index in [1.807, 2.05) is 0 Å². The van der Waals surface area contributed by atoms with Crippen LogP contribution < -0.4 is 5.32 Å². The molecule has 26 heavy (non-hydrogen) atoms. The van der Waals surface area contributed by atoms with Crippen molar-refractivity contribution >= 4 is 23.5 Å². The van der Waals surface area contributed by atoms with Gasteiger partial charge in [-0.3, -0.25) is 9.79 Å². The number of amides is 1. The molecule has 0 radical (unpaired) electrons. The Bertz CT molecular complexity index is 855. The van der Waals surface area contributed by atoms with Crippen LogP contribution in [0.25, 0.3) is 0 Å². The molecule has 0 aliphatic carbocycles. The van der Waals surface area contributed by atoms with Crippen molar-refractivity contribution in [3.05, 3.63) is 71.2 Å². The molecule has 2 aromatic rings. The highest BCUT2D eigenvalue weighted by Gasteiger charge is 2.34. The van der Waals surface area contributed by atoms with Crippen molar-refractivity contribution in [1.29, 1.82) is 0 Å². The van der Waals surface area contributed by atoms with Crippen LogP contribution in [0, 0.1) is 5.82 Å². The third kappa shape index (κ3) is 4.92. The van der Waals surface area contributed by atoms with Gasteiger partial charge < -0.3 is 10.4 Å². The maximum Gasteiger partial charge on any atom is 0.419 e. The number of aliphatic hydroxyl groups excluding tert-OH is 1. The smallest absolute Gasteiger partial charge is 0.419 e. The molecule has 0 aliphatic heterocycles. The fourth-order valence-corrected chi connectivity index (χ4v) is 1.99. The molecule has 0 aromatic heterocycles. The van der Waals surface area contributed by atoms with E-state index in [0.29, 0.717) is 17.8 Å². The fourth-order valence-electron chi connectivity index (χ4n) is 1.99. The predicted octanol–water partition coefficient (Wildman–Crippen LogP) is 5.02. The number of hydrogen-bond acceptors (Lipinski definition) is 3. The Morgan fingerprint density at radius 2 is 1.81 bits per heavy atom. The maximum atomic E-state index is 13.3. The van der Waals surface area contributed by atoms with Crippen LogP contribution in [0.4, 0.5) is 28.9 Å². The normalized spacial score (nSPS) is 12.8. The molecule has 0 saturated carbocycles. The summed E-state index contributed by atoms with van der Waals surface area (Å²) in [5.74, 6) is -2.49. The van der Waals surface area contributed by atoms with E-state index < -0.39 is 23.5 Å². The van der Waals surface area contributed by atoms with Crippen LogP contribution >= 0.6 is 0 Å². The Balaban J connectivity index is 2.26. The Morgan fingerprint density at radius 1 is 1.15 bits per heavy atom. The van der Waals surface area contributed by atoms with Crippen molar-refractivity contribution in [2.45, 2.75) is 13.1 Å². The molecule has 4 nitrogen and oxygen atoms in total. The molecule has 2 aromatic carbocycles. The van der Waals surface area contributed by atoms with Gasteiger partial charge in [-0.15, -0.1) is 0 Å². The molecule has 0 aliphatic rings. The lowest BCUT2D eigenvalue weighted by Crippen LogP contribution is -2.16. The molecule has 0 atom stereocenters. The molecule has 0 fully saturated rings. The molecule has 0 bridgehead atoms. The third-order valence-electron chi connectivity index (χ3n) is 3.26. The van der Waals surface area contributed by atoms with Crippen molar-refractivity contribution in [1.82, 2.24) is 0 Å². The highest BCUT2D eigenvalue weighted by Crippen LogP contribution is 2.33. The summed E-state index contributed by atoms with van der Waals surface area (Å²) in [4.78, 5) is 15.9. The second kappa shape index (κ2) is 7.81. The minimum Gasteiger partial charge on any atom is -0.512 e. The quantitative estimate of drug-likeness (QED) is 0.346. The van der Waals surface area contributed by atoms with Crippen LogP contribution in [0.15, 0.2) is 64.9 Å². The predicted molar refractivity (Wildman–Crippen MR) is 90.0 cm³/mol. The van der Waals surface area contributed by atoms with Crippen LogP contribution in [0.3, 0.4) is 0 Å². The van der Waals surface area contributed by atoms with Gasteiger partial charge in [0.1, 0.15) is 11.6 Å². The first-order chi connectivity index (χ1) is 12.2. The number of carbonyl (C=O) groups excluding carboxylic acids is 1. The molecule has 2 rings (SSSR count). The molecule has 1 amide bonds. The van der Waals surface area contributed by atoms with Crippen molar-refractivity contribution in [3.8, 4) is 0 Å². The Hall–Kier alpha value is -3.16. The van der Waals surface area contributed by atoms with Gasteiger partial charge in [-0.05, 0) is 37.3 Å². The summed E-state index contributed by atoms with van der Waals surface area (Å²) in [7, 11) is 0. The molecule has 0 spiro atoms. The third-order valence-corrected chi connectivity index (χ3v) is 3.26. The van der Waals surface area contributed by atoms with E-state index in [4.69, 9.17) is 0 Å². The summed E-state index contributed by atoms with van der Waals surface area (Å²) in [5, 5.41) is 12.2. The van der Waals surface area contributed by atoms with Crippen LogP contribution in [0.2, 0.25) is 0 Å². The van der Waals surface area contributed by atoms with E-state index >= 15 is 0 Å². The highest BCUT2D eigenvalue weighted by atomic mass is 19.4. The van der Waals surface area contributed by atoms with E-state index in [9.17, 15) is 27.5 Å². The number of aliphatic imine (C=N–C) groups is 1. The maximum absolute atomic E-state index is 13.3. The van der Waals surface area contributed by atoms with E-state index in [0.717, 1.165) is 12.3 Å². The number of alkyl halides is 3. The minimum absolute atomic E-state index is 0.218. The van der Waals surface area contributed by atoms with Gasteiger partial charge in [0.2, 0.25) is 0 Å². The van der Waals surface area contributed by atoms with Gasteiger partial charge in [-0.1, -0.05) is 18.2 Å². The average Bonchev–Trinajstić information content (AvgIpc) is 2.56. The second-order valence-electron chi connectivity index (χ2n) is 5.24. The van der Waals surface area contributed by atoms with Crippen molar-refractivity contribution in [2.75, 3.05) is 5.32 Å². The molecular formula is C18H14F4N2O2. The summed E-state index contributed by atoms with van der Waals surface area (Å²) in [6.45, 7) is 1.23. The first-order valence-electron chi connectivity index (χ1n) is 7.35. The number of nitrogens with zero attached hydrogens (tertiary/aromatic N) is 1. The summed E-state index contributed by atoms with van der Waals surface area (Å²) in [6, 6.07) is 10.6. The first kappa shape index (κ1) is 19.2. The van der Waals surface area contributed by atoms with E-state index in [1.165, 1.54) is 6.92 Å². The van der Waals surface area contributed by atoms with Crippen LogP contribution in [-0.2, 0) is 11.0 Å².